The summed E-state index contributed by atoms with van der Waals surface area (Å²) in [6.07, 6.45) is 4.83. The van der Waals surface area contributed by atoms with E-state index in [0.29, 0.717) is 6.42 Å². The lowest BCUT2D eigenvalue weighted by Gasteiger charge is -2.14. The molecule has 94 valence electrons. The van der Waals surface area contributed by atoms with Crippen LogP contribution in [0.25, 0.3) is 0 Å². The van der Waals surface area contributed by atoms with E-state index in [4.69, 9.17) is 5.73 Å². The highest BCUT2D eigenvalue weighted by Gasteiger charge is 2.16. The molecule has 3 N–H and O–H groups in total. The van der Waals surface area contributed by atoms with Crippen LogP contribution < -0.4 is 11.1 Å². The number of carbonyl (C=O) groups excluding carboxylic acids is 2. The number of ether oxygens (including phenoxy) is 1. The number of nitrogens with one attached hydrogen (secondary N) is 1. The second kappa shape index (κ2) is 9.15. The van der Waals surface area contributed by atoms with Gasteiger partial charge in [0.2, 0.25) is 11.8 Å². The van der Waals surface area contributed by atoms with Gasteiger partial charge in [-0.3, -0.25) is 9.59 Å². The van der Waals surface area contributed by atoms with E-state index >= 15 is 0 Å². The zero-order valence-corrected chi connectivity index (χ0v) is 10.1. The Balaban J connectivity index is 3.88. The number of methoxy groups -OCH3 is 1. The summed E-state index contributed by atoms with van der Waals surface area (Å²) in [6.45, 7) is 2.07. The van der Waals surface area contributed by atoms with Crippen LogP contribution in [0, 0.1) is 0 Å². The SMILES string of the molecule is CCCCCC[C@@H](NC(=O)COC)C(N)=O. The van der Waals surface area contributed by atoms with Crippen LogP contribution in [0.1, 0.15) is 39.0 Å². The summed E-state index contributed by atoms with van der Waals surface area (Å²) in [7, 11) is 1.43. The van der Waals surface area contributed by atoms with Crippen molar-refractivity contribution in [3.8, 4) is 0 Å². The lowest BCUT2D eigenvalue weighted by atomic mass is 10.1. The van der Waals surface area contributed by atoms with Gasteiger partial charge < -0.3 is 15.8 Å². The molecule has 0 spiro atoms. The second-order valence-corrected chi connectivity index (χ2v) is 3.80. The standard InChI is InChI=1S/C11H22N2O3/c1-3-4-5-6-7-9(11(12)15)13-10(14)8-16-2/h9H,3-8H2,1-2H3,(H2,12,15)(H,13,14)/t9-/m1/s1. The lowest BCUT2D eigenvalue weighted by Crippen LogP contribution is -2.45. The molecule has 0 aromatic carbocycles. The summed E-state index contributed by atoms with van der Waals surface area (Å²) in [6, 6.07) is -0.570. The number of unbranched alkanes of at least 4 members (excludes halogenated alkanes) is 3. The van der Waals surface area contributed by atoms with Gasteiger partial charge in [0.05, 0.1) is 0 Å². The number of hydrogen-bond donors (Lipinski definition) is 2. The number of primary amides is 1. The van der Waals surface area contributed by atoms with Crippen LogP contribution in [-0.2, 0) is 14.3 Å². The first-order valence-electron chi connectivity index (χ1n) is 5.69. The van der Waals surface area contributed by atoms with Gasteiger partial charge in [-0.05, 0) is 6.42 Å². The molecule has 5 heteroatoms. The highest BCUT2D eigenvalue weighted by molar-refractivity contribution is 5.86. The number of hydrogen-bond acceptors (Lipinski definition) is 3. The highest BCUT2D eigenvalue weighted by Crippen LogP contribution is 2.05. The molecule has 0 aliphatic carbocycles. The average Bonchev–Trinajstić information content (AvgIpc) is 2.22. The molecule has 16 heavy (non-hydrogen) atoms. The van der Waals surface area contributed by atoms with Crippen molar-refractivity contribution in [1.29, 1.82) is 0 Å². The van der Waals surface area contributed by atoms with E-state index in [2.05, 4.69) is 17.0 Å². The number of carbonyl (C=O) groups is 2. The predicted octanol–water partition coefficient (Wildman–Crippen LogP) is 0.573. The number of rotatable bonds is 9. The van der Waals surface area contributed by atoms with Gasteiger partial charge in [0.15, 0.2) is 0 Å². The summed E-state index contributed by atoms with van der Waals surface area (Å²) in [5, 5.41) is 2.56. The Morgan fingerprint density at radius 2 is 2.00 bits per heavy atom. The normalized spacial score (nSPS) is 12.1. The van der Waals surface area contributed by atoms with E-state index in [1.807, 2.05) is 0 Å². The first-order chi connectivity index (χ1) is 7.61. The number of amides is 2. The Kier molecular flexibility index (Phi) is 8.52. The van der Waals surface area contributed by atoms with Crippen molar-refractivity contribution in [3.63, 3.8) is 0 Å². The van der Waals surface area contributed by atoms with Crippen LogP contribution in [0.2, 0.25) is 0 Å². The molecule has 0 aromatic rings. The average molecular weight is 230 g/mol. The monoisotopic (exact) mass is 230 g/mol. The third kappa shape index (κ3) is 7.23. The molecule has 0 saturated heterocycles. The van der Waals surface area contributed by atoms with Gasteiger partial charge >= 0.3 is 0 Å². The van der Waals surface area contributed by atoms with Crippen molar-refractivity contribution >= 4 is 11.8 Å². The van der Waals surface area contributed by atoms with Gasteiger partial charge in [-0.1, -0.05) is 32.6 Å². The summed E-state index contributed by atoms with van der Waals surface area (Å²) < 4.78 is 4.66. The van der Waals surface area contributed by atoms with E-state index in [-0.39, 0.29) is 12.5 Å². The van der Waals surface area contributed by atoms with Gasteiger partial charge in [-0.15, -0.1) is 0 Å². The van der Waals surface area contributed by atoms with Crippen molar-refractivity contribution in [3.05, 3.63) is 0 Å². The molecule has 0 saturated carbocycles. The summed E-state index contributed by atoms with van der Waals surface area (Å²) in [4.78, 5) is 22.3. The Morgan fingerprint density at radius 3 is 2.50 bits per heavy atom. The third-order valence-corrected chi connectivity index (χ3v) is 2.30. The molecule has 0 heterocycles. The zero-order chi connectivity index (χ0) is 12.4. The number of nitrogens with two attached hydrogens (primary N) is 1. The molecule has 1 atom stereocenters. The Labute approximate surface area is 96.7 Å². The summed E-state index contributed by atoms with van der Waals surface area (Å²) >= 11 is 0. The van der Waals surface area contributed by atoms with Crippen LogP contribution in [0.5, 0.6) is 0 Å². The zero-order valence-electron chi connectivity index (χ0n) is 10.1. The highest BCUT2D eigenvalue weighted by atomic mass is 16.5. The minimum atomic E-state index is -0.570. The maximum Gasteiger partial charge on any atom is 0.246 e. The smallest absolute Gasteiger partial charge is 0.246 e. The molecule has 0 fully saturated rings. The fourth-order valence-corrected chi connectivity index (χ4v) is 1.43. The minimum Gasteiger partial charge on any atom is -0.375 e. The van der Waals surface area contributed by atoms with Crippen LogP contribution in [0.3, 0.4) is 0 Å². The Morgan fingerprint density at radius 1 is 1.31 bits per heavy atom. The van der Waals surface area contributed by atoms with Crippen LogP contribution >= 0.6 is 0 Å². The maximum atomic E-state index is 11.2. The fraction of sp³-hybridized carbons (Fsp3) is 0.818. The van der Waals surface area contributed by atoms with E-state index in [1.54, 1.807) is 0 Å². The van der Waals surface area contributed by atoms with Gasteiger partial charge in [-0.25, -0.2) is 0 Å². The van der Waals surface area contributed by atoms with Crippen LogP contribution in [-0.4, -0.2) is 31.6 Å². The predicted molar refractivity (Wildman–Crippen MR) is 61.8 cm³/mol. The van der Waals surface area contributed by atoms with Crippen LogP contribution in [0.15, 0.2) is 0 Å². The molecule has 5 nitrogen and oxygen atoms in total. The van der Waals surface area contributed by atoms with Crippen molar-refractivity contribution in [2.75, 3.05) is 13.7 Å². The van der Waals surface area contributed by atoms with Crippen LogP contribution in [0.4, 0.5) is 0 Å². The molecule has 0 radical (unpaired) electrons. The quantitative estimate of drug-likeness (QED) is 0.568. The molecular formula is C11H22N2O3. The molecule has 0 rings (SSSR count). The topological polar surface area (TPSA) is 81.4 Å². The van der Waals surface area contributed by atoms with Crippen molar-refractivity contribution in [1.82, 2.24) is 5.32 Å². The molecule has 0 bridgehead atoms. The van der Waals surface area contributed by atoms with E-state index in [9.17, 15) is 9.59 Å². The molecule has 0 aromatic heterocycles. The molecular weight excluding hydrogens is 208 g/mol. The lowest BCUT2D eigenvalue weighted by molar-refractivity contribution is -0.129. The van der Waals surface area contributed by atoms with Gasteiger partial charge in [-0.2, -0.15) is 0 Å². The van der Waals surface area contributed by atoms with E-state index in [1.165, 1.54) is 7.11 Å². The van der Waals surface area contributed by atoms with Gasteiger partial charge in [0.1, 0.15) is 12.6 Å². The fourth-order valence-electron chi connectivity index (χ4n) is 1.43. The second-order valence-electron chi connectivity index (χ2n) is 3.80. The van der Waals surface area contributed by atoms with Gasteiger partial charge in [0, 0.05) is 7.11 Å². The summed E-state index contributed by atoms with van der Waals surface area (Å²) in [5.41, 5.74) is 5.20. The van der Waals surface area contributed by atoms with E-state index < -0.39 is 11.9 Å². The first-order valence-corrected chi connectivity index (χ1v) is 5.69. The van der Waals surface area contributed by atoms with E-state index in [0.717, 1.165) is 25.7 Å². The summed E-state index contributed by atoms with van der Waals surface area (Å²) in [5.74, 6) is -0.789. The maximum absolute atomic E-state index is 11.2. The van der Waals surface area contributed by atoms with Gasteiger partial charge in [0.25, 0.3) is 0 Å². The minimum absolute atomic E-state index is 0.0429. The molecule has 0 aliphatic heterocycles. The first kappa shape index (κ1) is 14.9. The molecule has 2 amide bonds. The van der Waals surface area contributed by atoms with Crippen molar-refractivity contribution in [2.24, 2.45) is 5.73 Å². The molecule has 0 aliphatic rings. The largest absolute Gasteiger partial charge is 0.375 e. The van der Waals surface area contributed by atoms with Crippen molar-refractivity contribution < 1.29 is 14.3 Å². The molecule has 0 unspecified atom stereocenters. The Bertz CT molecular complexity index is 219. The van der Waals surface area contributed by atoms with Crippen molar-refractivity contribution in [2.45, 2.75) is 45.1 Å². The Hall–Kier alpha value is -1.10. The third-order valence-electron chi connectivity index (χ3n) is 2.30.